The molecule has 1 aliphatic heterocycles. The minimum atomic E-state index is -3.35. The Morgan fingerprint density at radius 2 is 2.00 bits per heavy atom. The third-order valence-electron chi connectivity index (χ3n) is 3.49. The molecule has 0 amide bonds. The van der Waals surface area contributed by atoms with Crippen molar-refractivity contribution in [2.75, 3.05) is 19.6 Å². The molecule has 0 atom stereocenters. The Morgan fingerprint density at radius 3 is 2.55 bits per heavy atom. The monoisotopic (exact) mass is 293 g/mol. The molecule has 2 rings (SSSR count). The molecule has 5 nitrogen and oxygen atoms in total. The first-order valence-electron chi connectivity index (χ1n) is 6.55. The van der Waals surface area contributed by atoms with E-state index in [0.717, 1.165) is 0 Å². The van der Waals surface area contributed by atoms with Gasteiger partial charge < -0.3 is 5.32 Å². The Hall–Kier alpha value is -1.42. The second-order valence-corrected chi connectivity index (χ2v) is 7.52. The number of nitrogens with zero attached hydrogens (tertiary/aromatic N) is 2. The number of rotatable bonds is 3. The SMILES string of the molecule is CC1(C)CNCCN1S(=O)(=O)Cc1ccc(C#N)cc1. The number of hydrogen-bond acceptors (Lipinski definition) is 4. The Balaban J connectivity index is 2.20. The Bertz CT molecular complexity index is 615. The first kappa shape index (κ1) is 15.0. The maximum Gasteiger partial charge on any atom is 0.218 e. The zero-order valence-corrected chi connectivity index (χ0v) is 12.6. The molecule has 1 aromatic rings. The molecule has 0 aliphatic carbocycles. The van der Waals surface area contributed by atoms with E-state index in [1.54, 1.807) is 28.6 Å². The van der Waals surface area contributed by atoms with Crippen LogP contribution in [0.3, 0.4) is 0 Å². The van der Waals surface area contributed by atoms with Gasteiger partial charge in [0.25, 0.3) is 0 Å². The fraction of sp³-hybridized carbons (Fsp3) is 0.500. The number of sulfonamides is 1. The summed E-state index contributed by atoms with van der Waals surface area (Å²) in [5, 5.41) is 12.0. The predicted octanol–water partition coefficient (Wildman–Crippen LogP) is 1.07. The highest BCUT2D eigenvalue weighted by Gasteiger charge is 2.37. The lowest BCUT2D eigenvalue weighted by Gasteiger charge is -2.41. The smallest absolute Gasteiger partial charge is 0.218 e. The van der Waals surface area contributed by atoms with E-state index in [0.29, 0.717) is 30.8 Å². The van der Waals surface area contributed by atoms with Gasteiger partial charge in [-0.25, -0.2) is 8.42 Å². The number of benzene rings is 1. The number of hydrogen-bond donors (Lipinski definition) is 1. The normalized spacial score (nSPS) is 19.4. The Kier molecular flexibility index (Phi) is 4.14. The molecule has 1 fully saturated rings. The van der Waals surface area contributed by atoms with E-state index in [9.17, 15) is 8.42 Å². The summed E-state index contributed by atoms with van der Waals surface area (Å²) in [4.78, 5) is 0. The lowest BCUT2D eigenvalue weighted by Crippen LogP contribution is -2.59. The molecule has 1 aromatic carbocycles. The van der Waals surface area contributed by atoms with E-state index >= 15 is 0 Å². The third-order valence-corrected chi connectivity index (χ3v) is 5.54. The molecular weight excluding hydrogens is 274 g/mol. The molecule has 1 saturated heterocycles. The van der Waals surface area contributed by atoms with Crippen LogP contribution in [0.1, 0.15) is 25.0 Å². The van der Waals surface area contributed by atoms with E-state index in [2.05, 4.69) is 5.32 Å². The molecule has 20 heavy (non-hydrogen) atoms. The van der Waals surface area contributed by atoms with Crippen LogP contribution >= 0.6 is 0 Å². The predicted molar refractivity (Wildman–Crippen MR) is 77.4 cm³/mol. The van der Waals surface area contributed by atoms with Gasteiger partial charge in [-0.1, -0.05) is 12.1 Å². The van der Waals surface area contributed by atoms with Crippen LogP contribution in [0, 0.1) is 11.3 Å². The second-order valence-electron chi connectivity index (χ2n) is 5.63. The van der Waals surface area contributed by atoms with Crippen LogP contribution in [-0.2, 0) is 15.8 Å². The van der Waals surface area contributed by atoms with Crippen LogP contribution in [0.4, 0.5) is 0 Å². The van der Waals surface area contributed by atoms with Gasteiger partial charge in [0.1, 0.15) is 0 Å². The van der Waals surface area contributed by atoms with Gasteiger partial charge in [-0.05, 0) is 31.5 Å². The summed E-state index contributed by atoms with van der Waals surface area (Å²) in [6, 6.07) is 8.72. The zero-order valence-electron chi connectivity index (χ0n) is 11.8. The molecule has 1 N–H and O–H groups in total. The number of nitriles is 1. The Labute approximate surface area is 120 Å². The minimum Gasteiger partial charge on any atom is -0.314 e. The van der Waals surface area contributed by atoms with Crippen molar-refractivity contribution in [2.45, 2.75) is 25.1 Å². The first-order valence-corrected chi connectivity index (χ1v) is 8.16. The van der Waals surface area contributed by atoms with Gasteiger partial charge in [0.2, 0.25) is 10.0 Å². The van der Waals surface area contributed by atoms with E-state index in [4.69, 9.17) is 5.26 Å². The summed E-state index contributed by atoms with van der Waals surface area (Å²) in [5.41, 5.74) is 0.830. The second kappa shape index (κ2) is 5.52. The van der Waals surface area contributed by atoms with Crippen molar-refractivity contribution in [1.29, 1.82) is 5.26 Å². The summed E-state index contributed by atoms with van der Waals surface area (Å²) in [6.07, 6.45) is 0. The van der Waals surface area contributed by atoms with Crippen molar-refractivity contribution in [1.82, 2.24) is 9.62 Å². The first-order chi connectivity index (χ1) is 9.35. The fourth-order valence-corrected chi connectivity index (χ4v) is 4.40. The highest BCUT2D eigenvalue weighted by atomic mass is 32.2. The van der Waals surface area contributed by atoms with E-state index in [1.807, 2.05) is 19.9 Å². The van der Waals surface area contributed by atoms with Crippen LogP contribution in [0.2, 0.25) is 0 Å². The molecule has 6 heteroatoms. The van der Waals surface area contributed by atoms with Crippen LogP contribution in [0.25, 0.3) is 0 Å². The summed E-state index contributed by atoms with van der Waals surface area (Å²) in [5.74, 6) is -0.0257. The van der Waals surface area contributed by atoms with Crippen molar-refractivity contribution >= 4 is 10.0 Å². The fourth-order valence-electron chi connectivity index (χ4n) is 2.45. The molecule has 0 radical (unpaired) electrons. The molecule has 0 saturated carbocycles. The van der Waals surface area contributed by atoms with Gasteiger partial charge in [0.05, 0.1) is 17.4 Å². The van der Waals surface area contributed by atoms with Crippen molar-refractivity contribution < 1.29 is 8.42 Å². The third kappa shape index (κ3) is 3.18. The van der Waals surface area contributed by atoms with E-state index in [1.165, 1.54) is 0 Å². The standard InChI is InChI=1S/C14H19N3O2S/c1-14(2)11-16-7-8-17(14)20(18,19)10-13-5-3-12(9-15)4-6-13/h3-6,16H,7-8,10-11H2,1-2H3. The van der Waals surface area contributed by atoms with Gasteiger partial charge in [-0.2, -0.15) is 9.57 Å². The maximum absolute atomic E-state index is 12.6. The molecule has 108 valence electrons. The molecule has 0 bridgehead atoms. The summed E-state index contributed by atoms with van der Waals surface area (Å²) in [6.45, 7) is 5.67. The van der Waals surface area contributed by atoms with Crippen molar-refractivity contribution in [2.24, 2.45) is 0 Å². The van der Waals surface area contributed by atoms with Crippen LogP contribution in [0.15, 0.2) is 24.3 Å². The van der Waals surface area contributed by atoms with Crippen molar-refractivity contribution in [3.05, 3.63) is 35.4 Å². The van der Waals surface area contributed by atoms with Gasteiger partial charge in [-0.15, -0.1) is 0 Å². The quantitative estimate of drug-likeness (QED) is 0.905. The average Bonchev–Trinajstić information content (AvgIpc) is 2.38. The van der Waals surface area contributed by atoms with E-state index < -0.39 is 15.6 Å². The largest absolute Gasteiger partial charge is 0.314 e. The lowest BCUT2D eigenvalue weighted by atomic mass is 10.0. The summed E-state index contributed by atoms with van der Waals surface area (Å²) >= 11 is 0. The highest BCUT2D eigenvalue weighted by Crippen LogP contribution is 2.23. The highest BCUT2D eigenvalue weighted by molar-refractivity contribution is 7.88. The van der Waals surface area contributed by atoms with Crippen LogP contribution < -0.4 is 5.32 Å². The zero-order chi connectivity index (χ0) is 14.8. The number of nitrogens with one attached hydrogen (secondary N) is 1. The summed E-state index contributed by atoms with van der Waals surface area (Å²) in [7, 11) is -3.35. The topological polar surface area (TPSA) is 73.2 Å². The molecule has 1 aliphatic rings. The molecular formula is C14H19N3O2S. The maximum atomic E-state index is 12.6. The van der Waals surface area contributed by atoms with Crippen LogP contribution in [0.5, 0.6) is 0 Å². The van der Waals surface area contributed by atoms with Gasteiger partial charge in [-0.3, -0.25) is 0 Å². The van der Waals surface area contributed by atoms with Gasteiger partial charge in [0.15, 0.2) is 0 Å². The van der Waals surface area contributed by atoms with Crippen molar-refractivity contribution in [3.8, 4) is 6.07 Å². The molecule has 0 unspecified atom stereocenters. The molecule has 0 spiro atoms. The van der Waals surface area contributed by atoms with E-state index in [-0.39, 0.29) is 5.75 Å². The molecule has 1 heterocycles. The number of piperazine rings is 1. The summed E-state index contributed by atoms with van der Waals surface area (Å²) < 4.78 is 26.7. The lowest BCUT2D eigenvalue weighted by molar-refractivity contribution is 0.185. The van der Waals surface area contributed by atoms with Crippen molar-refractivity contribution in [3.63, 3.8) is 0 Å². The Morgan fingerprint density at radius 1 is 1.35 bits per heavy atom. The van der Waals surface area contributed by atoms with Gasteiger partial charge >= 0.3 is 0 Å². The van der Waals surface area contributed by atoms with Crippen LogP contribution in [-0.4, -0.2) is 37.9 Å². The average molecular weight is 293 g/mol. The molecule has 0 aromatic heterocycles. The minimum absolute atomic E-state index is 0.0257. The van der Waals surface area contributed by atoms with Gasteiger partial charge in [0, 0.05) is 25.2 Å².